The lowest BCUT2D eigenvalue weighted by Crippen LogP contribution is -1.73. The second-order valence-corrected chi connectivity index (χ2v) is 0.827. The fourth-order valence-electron chi connectivity index (χ4n) is 0.144. The molecule has 1 radical (unpaired) electrons. The molecule has 0 aliphatic heterocycles. The second kappa shape index (κ2) is 4.52. The molecule has 0 aromatic carbocycles. The molecule has 0 spiro atoms. The first kappa shape index (κ1) is 5.52. The third-order valence-electron chi connectivity index (χ3n) is 0.362. The van der Waals surface area contributed by atoms with Gasteiger partial charge in [-0.05, 0) is 0 Å². The average Bonchev–Trinajstić information content (AvgIpc) is 1.61. The van der Waals surface area contributed by atoms with Gasteiger partial charge in [0.15, 0.2) is 0 Å². The molecule has 0 aromatic rings. The van der Waals surface area contributed by atoms with Crippen molar-refractivity contribution in [1.29, 1.82) is 0 Å². The van der Waals surface area contributed by atoms with Crippen LogP contribution in [0.25, 0.3) is 0 Å². The Labute approximate surface area is 38.0 Å². The van der Waals surface area contributed by atoms with Crippen LogP contribution in [0.4, 0.5) is 0 Å². The van der Waals surface area contributed by atoms with E-state index < -0.39 is 0 Å². The molecule has 0 aliphatic carbocycles. The summed E-state index contributed by atoms with van der Waals surface area (Å²) in [5, 5.41) is 8.07. The zero-order valence-corrected chi connectivity index (χ0v) is 3.57. The molecule has 1 heteroatoms. The van der Waals surface area contributed by atoms with Gasteiger partial charge in [0.25, 0.3) is 0 Å². The van der Waals surface area contributed by atoms with Crippen LogP contribution in [-0.2, 0) is 0 Å². The van der Waals surface area contributed by atoms with Crippen LogP contribution in [0.1, 0.15) is 6.42 Å². The van der Waals surface area contributed by atoms with E-state index in [2.05, 4.69) is 18.8 Å². The largest absolute Gasteiger partial charge is 0.395 e. The van der Waals surface area contributed by atoms with Gasteiger partial charge in [-0.1, -0.05) is 0 Å². The molecule has 0 bridgehead atoms. The molecule has 0 saturated carbocycles. The molecule has 0 aromatic heterocycles. The summed E-state index contributed by atoms with van der Waals surface area (Å²) >= 11 is 0. The Morgan fingerprint density at radius 2 is 2.33 bits per heavy atom. The summed E-state index contributed by atoms with van der Waals surface area (Å²) in [6.45, 7) is 3.39. The minimum atomic E-state index is 0.141. The van der Waals surface area contributed by atoms with Crippen molar-refractivity contribution in [2.24, 2.45) is 0 Å². The van der Waals surface area contributed by atoms with Crippen molar-refractivity contribution in [3.8, 4) is 11.8 Å². The lowest BCUT2D eigenvalue weighted by Gasteiger charge is -1.72. The van der Waals surface area contributed by atoms with Gasteiger partial charge in [0.1, 0.15) is 0 Å². The van der Waals surface area contributed by atoms with Crippen molar-refractivity contribution in [3.05, 3.63) is 6.92 Å². The summed E-state index contributed by atoms with van der Waals surface area (Å²) in [6.07, 6.45) is 0.545. The Bertz CT molecular complexity index is 65.7. The highest BCUT2D eigenvalue weighted by Gasteiger charge is 1.64. The second-order valence-electron chi connectivity index (χ2n) is 0.827. The fourth-order valence-corrected chi connectivity index (χ4v) is 0.144. The van der Waals surface area contributed by atoms with Gasteiger partial charge in [-0.25, -0.2) is 0 Å². The van der Waals surface area contributed by atoms with E-state index in [1.165, 1.54) is 0 Å². The van der Waals surface area contributed by atoms with E-state index in [0.717, 1.165) is 0 Å². The smallest absolute Gasteiger partial charge is 0.0540 e. The molecule has 1 nitrogen and oxygen atoms in total. The Hall–Kier alpha value is -0.480. The van der Waals surface area contributed by atoms with Crippen LogP contribution < -0.4 is 0 Å². The van der Waals surface area contributed by atoms with Crippen molar-refractivity contribution in [3.63, 3.8) is 0 Å². The van der Waals surface area contributed by atoms with E-state index in [1.54, 1.807) is 0 Å². The number of aliphatic hydroxyl groups is 1. The zero-order valence-electron chi connectivity index (χ0n) is 3.57. The first-order valence-corrected chi connectivity index (χ1v) is 1.77. The average molecular weight is 83.1 g/mol. The molecule has 1 N–H and O–H groups in total. The maximum absolute atomic E-state index is 8.07. The molecule has 6 heavy (non-hydrogen) atoms. The van der Waals surface area contributed by atoms with Gasteiger partial charge >= 0.3 is 0 Å². The summed E-state index contributed by atoms with van der Waals surface area (Å²) in [5.74, 6) is 5.00. The normalized spacial score (nSPS) is 6.33. The lowest BCUT2D eigenvalue weighted by molar-refractivity contribution is 0.305. The summed E-state index contributed by atoms with van der Waals surface area (Å²) < 4.78 is 0. The first-order valence-electron chi connectivity index (χ1n) is 1.77. The van der Waals surface area contributed by atoms with Gasteiger partial charge in [-0.15, -0.1) is 11.8 Å². The van der Waals surface area contributed by atoms with Gasteiger partial charge in [0.2, 0.25) is 0 Å². The molecule has 0 aliphatic rings. The van der Waals surface area contributed by atoms with Gasteiger partial charge in [-0.2, -0.15) is 0 Å². The molecule has 0 unspecified atom stereocenters. The van der Waals surface area contributed by atoms with E-state index in [9.17, 15) is 0 Å². The van der Waals surface area contributed by atoms with E-state index in [-0.39, 0.29) is 6.61 Å². The molecule has 0 saturated heterocycles. The predicted octanol–water partition coefficient (Wildman–Crippen LogP) is 0.206. The summed E-state index contributed by atoms with van der Waals surface area (Å²) in [7, 11) is 0. The number of hydrogen-bond acceptors (Lipinski definition) is 1. The van der Waals surface area contributed by atoms with E-state index in [4.69, 9.17) is 5.11 Å². The number of aliphatic hydroxyl groups excluding tert-OH is 1. The van der Waals surface area contributed by atoms with E-state index in [1.807, 2.05) is 0 Å². The van der Waals surface area contributed by atoms with Crippen LogP contribution in [0.5, 0.6) is 0 Å². The summed E-state index contributed by atoms with van der Waals surface area (Å²) in [4.78, 5) is 0. The van der Waals surface area contributed by atoms with Crippen molar-refractivity contribution in [2.75, 3.05) is 6.61 Å². The first-order chi connectivity index (χ1) is 2.91. The molecule has 0 heterocycles. The van der Waals surface area contributed by atoms with Crippen LogP contribution in [0.3, 0.4) is 0 Å². The Kier molecular flexibility index (Phi) is 4.16. The molecule has 0 amide bonds. The molecule has 0 fully saturated rings. The minimum absolute atomic E-state index is 0.141. The minimum Gasteiger partial charge on any atom is -0.395 e. The predicted molar refractivity (Wildman–Crippen MR) is 24.8 cm³/mol. The van der Waals surface area contributed by atoms with E-state index in [0.29, 0.717) is 6.42 Å². The highest BCUT2D eigenvalue weighted by atomic mass is 16.2. The maximum Gasteiger partial charge on any atom is 0.0540 e. The fraction of sp³-hybridized carbons (Fsp3) is 0.400. The standard InChI is InChI=1S/C5H7O/c1-2-3-4-5-6/h6H,1,4-5H2. The lowest BCUT2D eigenvalue weighted by atomic mass is 10.5. The van der Waals surface area contributed by atoms with E-state index >= 15 is 0 Å². The topological polar surface area (TPSA) is 20.2 Å². The van der Waals surface area contributed by atoms with Crippen molar-refractivity contribution in [2.45, 2.75) is 6.42 Å². The van der Waals surface area contributed by atoms with Crippen LogP contribution >= 0.6 is 0 Å². The van der Waals surface area contributed by atoms with Crippen LogP contribution in [0.15, 0.2) is 0 Å². The number of rotatable bonds is 1. The summed E-state index contributed by atoms with van der Waals surface area (Å²) in [5.41, 5.74) is 0. The Morgan fingerprint density at radius 3 is 2.50 bits per heavy atom. The van der Waals surface area contributed by atoms with Gasteiger partial charge < -0.3 is 5.11 Å². The van der Waals surface area contributed by atoms with Gasteiger partial charge in [0.05, 0.1) is 6.61 Å². The molecule has 0 rings (SSSR count). The molecular weight excluding hydrogens is 76.1 g/mol. The maximum atomic E-state index is 8.07. The van der Waals surface area contributed by atoms with Gasteiger partial charge in [0, 0.05) is 13.3 Å². The van der Waals surface area contributed by atoms with Crippen LogP contribution in [-0.4, -0.2) is 11.7 Å². The number of hydrogen-bond donors (Lipinski definition) is 1. The van der Waals surface area contributed by atoms with Crippen molar-refractivity contribution >= 4 is 0 Å². The van der Waals surface area contributed by atoms with Crippen LogP contribution in [0.2, 0.25) is 0 Å². The monoisotopic (exact) mass is 83.0 g/mol. The van der Waals surface area contributed by atoms with Crippen molar-refractivity contribution in [1.82, 2.24) is 0 Å². The Balaban J connectivity index is 2.79. The zero-order chi connectivity index (χ0) is 4.83. The van der Waals surface area contributed by atoms with Gasteiger partial charge in [-0.3, -0.25) is 0 Å². The van der Waals surface area contributed by atoms with Crippen LogP contribution in [0, 0.1) is 18.8 Å². The third kappa shape index (κ3) is 3.52. The third-order valence-corrected chi connectivity index (χ3v) is 0.362. The quantitative estimate of drug-likeness (QED) is 0.449. The molecule has 33 valence electrons. The molecular formula is C5H7O. The highest BCUT2D eigenvalue weighted by Crippen LogP contribution is 1.65. The summed E-state index contributed by atoms with van der Waals surface area (Å²) in [6, 6.07) is 0. The molecule has 0 atom stereocenters. The Morgan fingerprint density at radius 1 is 1.67 bits per heavy atom. The van der Waals surface area contributed by atoms with Crippen molar-refractivity contribution < 1.29 is 5.11 Å². The highest BCUT2D eigenvalue weighted by molar-refractivity contribution is 5.00. The SMILES string of the molecule is [CH2]C#CCCO.